The molecule has 0 spiro atoms. The highest BCUT2D eigenvalue weighted by Gasteiger charge is 2.13. The summed E-state index contributed by atoms with van der Waals surface area (Å²) >= 11 is 6.18. The Morgan fingerprint density at radius 3 is 2.73 bits per heavy atom. The van der Waals surface area contributed by atoms with Crippen molar-refractivity contribution in [1.29, 1.82) is 0 Å². The minimum absolute atomic E-state index is 0.0635. The fraction of sp³-hybridized carbons (Fsp3) is 0.105. The van der Waals surface area contributed by atoms with Crippen LogP contribution in [0.3, 0.4) is 0 Å². The molecule has 0 radical (unpaired) electrons. The maximum Gasteiger partial charge on any atom is 0.257 e. The van der Waals surface area contributed by atoms with Crippen LogP contribution in [0.2, 0.25) is 5.02 Å². The van der Waals surface area contributed by atoms with Crippen molar-refractivity contribution in [2.45, 2.75) is 0 Å². The molecule has 7 heteroatoms. The van der Waals surface area contributed by atoms with Crippen LogP contribution in [0.5, 0.6) is 0 Å². The van der Waals surface area contributed by atoms with Gasteiger partial charge in [0, 0.05) is 24.4 Å². The Kier molecular flexibility index (Phi) is 5.46. The first-order chi connectivity index (χ1) is 12.6. The molecule has 0 saturated heterocycles. The van der Waals surface area contributed by atoms with Gasteiger partial charge in [0.2, 0.25) is 5.91 Å². The molecular formula is C19H16ClN3O3. The maximum absolute atomic E-state index is 12.7. The van der Waals surface area contributed by atoms with Crippen molar-refractivity contribution in [3.8, 4) is 0 Å². The quantitative estimate of drug-likeness (QED) is 0.718. The van der Waals surface area contributed by atoms with Crippen LogP contribution in [0.15, 0.2) is 54.7 Å². The molecule has 6 nitrogen and oxygen atoms in total. The van der Waals surface area contributed by atoms with Crippen LogP contribution < -0.4 is 10.6 Å². The molecule has 3 aromatic rings. The van der Waals surface area contributed by atoms with Crippen LogP contribution in [0.4, 0.5) is 11.4 Å². The van der Waals surface area contributed by atoms with E-state index < -0.39 is 0 Å². The lowest BCUT2D eigenvalue weighted by molar-refractivity contribution is -0.119. The van der Waals surface area contributed by atoms with Gasteiger partial charge in [-0.15, -0.1) is 0 Å². The van der Waals surface area contributed by atoms with Gasteiger partial charge < -0.3 is 15.4 Å². The number of para-hydroxylation sites is 1. The number of amides is 2. The molecule has 0 fully saturated rings. The number of anilines is 2. The average molecular weight is 370 g/mol. The minimum Gasteiger partial charge on any atom is -0.375 e. The van der Waals surface area contributed by atoms with E-state index >= 15 is 0 Å². The summed E-state index contributed by atoms with van der Waals surface area (Å²) in [7, 11) is 1.44. The van der Waals surface area contributed by atoms with Gasteiger partial charge in [0.15, 0.2) is 0 Å². The first-order valence-electron chi connectivity index (χ1n) is 7.82. The monoisotopic (exact) mass is 369 g/mol. The number of ether oxygens (including phenoxy) is 1. The lowest BCUT2D eigenvalue weighted by atomic mass is 10.1. The zero-order chi connectivity index (χ0) is 18.5. The van der Waals surface area contributed by atoms with E-state index in [1.807, 2.05) is 18.2 Å². The summed E-state index contributed by atoms with van der Waals surface area (Å²) in [4.78, 5) is 28.6. The van der Waals surface area contributed by atoms with Gasteiger partial charge in [0.1, 0.15) is 6.61 Å². The van der Waals surface area contributed by atoms with Crippen molar-refractivity contribution in [1.82, 2.24) is 4.98 Å². The highest BCUT2D eigenvalue weighted by atomic mass is 35.5. The van der Waals surface area contributed by atoms with Gasteiger partial charge in [-0.1, -0.05) is 29.8 Å². The molecule has 0 unspecified atom stereocenters. The van der Waals surface area contributed by atoms with Gasteiger partial charge in [-0.05, 0) is 30.3 Å². The van der Waals surface area contributed by atoms with E-state index in [4.69, 9.17) is 16.3 Å². The van der Waals surface area contributed by atoms with Crippen molar-refractivity contribution in [2.24, 2.45) is 0 Å². The molecule has 2 amide bonds. The molecule has 0 aliphatic rings. The second-order valence-electron chi connectivity index (χ2n) is 5.51. The first-order valence-corrected chi connectivity index (χ1v) is 8.19. The Hall–Kier alpha value is -2.96. The van der Waals surface area contributed by atoms with E-state index in [0.29, 0.717) is 27.5 Å². The molecule has 0 atom stereocenters. The number of hydrogen-bond donors (Lipinski definition) is 2. The third-order valence-corrected chi connectivity index (χ3v) is 3.98. The molecule has 26 heavy (non-hydrogen) atoms. The zero-order valence-electron chi connectivity index (χ0n) is 14.0. The van der Waals surface area contributed by atoms with Crippen molar-refractivity contribution in [3.63, 3.8) is 0 Å². The molecule has 1 heterocycles. The van der Waals surface area contributed by atoms with Gasteiger partial charge in [0.05, 0.1) is 21.8 Å². The van der Waals surface area contributed by atoms with Crippen molar-refractivity contribution >= 4 is 45.7 Å². The van der Waals surface area contributed by atoms with Crippen LogP contribution in [-0.4, -0.2) is 30.5 Å². The largest absolute Gasteiger partial charge is 0.375 e. The number of benzene rings is 2. The van der Waals surface area contributed by atoms with Crippen LogP contribution >= 0.6 is 11.6 Å². The van der Waals surface area contributed by atoms with E-state index in [9.17, 15) is 9.59 Å². The number of carbonyl (C=O) groups is 2. The van der Waals surface area contributed by atoms with Crippen LogP contribution in [0.1, 0.15) is 10.4 Å². The van der Waals surface area contributed by atoms with E-state index in [1.165, 1.54) is 7.11 Å². The van der Waals surface area contributed by atoms with Gasteiger partial charge in [0.25, 0.3) is 5.91 Å². The standard InChI is InChI=1S/C19H16ClN3O3/c1-26-11-17(24)22-13-7-8-15(20)16(10-13)23-19(25)14-6-2-4-12-5-3-9-21-18(12)14/h2-10H,11H2,1H3,(H,22,24)(H,23,25). The van der Waals surface area contributed by atoms with E-state index in [2.05, 4.69) is 15.6 Å². The number of rotatable bonds is 5. The number of halogens is 1. The van der Waals surface area contributed by atoms with Gasteiger partial charge >= 0.3 is 0 Å². The third-order valence-electron chi connectivity index (χ3n) is 3.65. The molecule has 1 aromatic heterocycles. The summed E-state index contributed by atoms with van der Waals surface area (Å²) in [5.74, 6) is -0.637. The summed E-state index contributed by atoms with van der Waals surface area (Å²) in [6, 6.07) is 13.9. The Labute approximate surface area is 155 Å². The summed E-state index contributed by atoms with van der Waals surface area (Å²) in [5, 5.41) is 6.66. The summed E-state index contributed by atoms with van der Waals surface area (Å²) in [6.45, 7) is -0.0635. The molecule has 132 valence electrons. The lowest BCUT2D eigenvalue weighted by Crippen LogP contribution is -2.17. The van der Waals surface area contributed by atoms with Crippen LogP contribution in [-0.2, 0) is 9.53 Å². The molecule has 0 saturated carbocycles. The van der Waals surface area contributed by atoms with Crippen LogP contribution in [0, 0.1) is 0 Å². The Balaban J connectivity index is 1.85. The molecule has 0 aliphatic heterocycles. The fourth-order valence-electron chi connectivity index (χ4n) is 2.50. The van der Waals surface area contributed by atoms with E-state index in [-0.39, 0.29) is 18.4 Å². The second-order valence-corrected chi connectivity index (χ2v) is 5.92. The van der Waals surface area contributed by atoms with E-state index in [0.717, 1.165) is 5.39 Å². The number of carbonyl (C=O) groups excluding carboxylic acids is 2. The maximum atomic E-state index is 12.7. The number of methoxy groups -OCH3 is 1. The Morgan fingerprint density at radius 1 is 1.12 bits per heavy atom. The van der Waals surface area contributed by atoms with E-state index in [1.54, 1.807) is 36.5 Å². The van der Waals surface area contributed by atoms with Gasteiger partial charge in [-0.25, -0.2) is 0 Å². The number of pyridine rings is 1. The fourth-order valence-corrected chi connectivity index (χ4v) is 2.67. The highest BCUT2D eigenvalue weighted by Crippen LogP contribution is 2.27. The predicted molar refractivity (Wildman–Crippen MR) is 102 cm³/mol. The minimum atomic E-state index is -0.337. The molecule has 3 rings (SSSR count). The average Bonchev–Trinajstić information content (AvgIpc) is 2.64. The Bertz CT molecular complexity index is 970. The first kappa shape index (κ1) is 17.8. The highest BCUT2D eigenvalue weighted by molar-refractivity contribution is 6.34. The normalized spacial score (nSPS) is 10.5. The summed E-state index contributed by atoms with van der Waals surface area (Å²) in [6.07, 6.45) is 1.64. The predicted octanol–water partition coefficient (Wildman–Crippen LogP) is 3.73. The number of nitrogens with one attached hydrogen (secondary N) is 2. The lowest BCUT2D eigenvalue weighted by Gasteiger charge is -2.11. The second kappa shape index (κ2) is 7.95. The number of aromatic nitrogens is 1. The molecule has 2 N–H and O–H groups in total. The van der Waals surface area contributed by atoms with Crippen molar-refractivity contribution < 1.29 is 14.3 Å². The summed E-state index contributed by atoms with van der Waals surface area (Å²) in [5.41, 5.74) is 1.93. The van der Waals surface area contributed by atoms with Gasteiger partial charge in [-0.3, -0.25) is 14.6 Å². The number of fused-ring (bicyclic) bond motifs is 1. The van der Waals surface area contributed by atoms with Crippen molar-refractivity contribution in [3.05, 3.63) is 65.3 Å². The molecule has 0 bridgehead atoms. The van der Waals surface area contributed by atoms with Crippen LogP contribution in [0.25, 0.3) is 10.9 Å². The molecule has 0 aliphatic carbocycles. The smallest absolute Gasteiger partial charge is 0.257 e. The molecular weight excluding hydrogens is 354 g/mol. The number of nitrogens with zero attached hydrogens (tertiary/aromatic N) is 1. The van der Waals surface area contributed by atoms with Gasteiger partial charge in [-0.2, -0.15) is 0 Å². The summed E-state index contributed by atoms with van der Waals surface area (Å²) < 4.78 is 4.78. The molecule has 2 aromatic carbocycles. The van der Waals surface area contributed by atoms with Crippen molar-refractivity contribution in [2.75, 3.05) is 24.4 Å². The third kappa shape index (κ3) is 3.99. The number of hydrogen-bond acceptors (Lipinski definition) is 4. The topological polar surface area (TPSA) is 80.3 Å². The zero-order valence-corrected chi connectivity index (χ0v) is 14.7. The SMILES string of the molecule is COCC(=O)Nc1ccc(Cl)c(NC(=O)c2cccc3cccnc23)c1. The Morgan fingerprint density at radius 2 is 1.92 bits per heavy atom.